The molecule has 3 heteroatoms. The van der Waals surface area contributed by atoms with Crippen LogP contribution in [0.1, 0.15) is 40.5 Å². The molecule has 0 heterocycles. The number of carbonyl (C=O) groups is 1. The zero-order valence-electron chi connectivity index (χ0n) is 9.83. The molecule has 1 N–H and O–H groups in total. The average molecular weight is 202 g/mol. The van der Waals surface area contributed by atoms with Crippen LogP contribution in [0.3, 0.4) is 0 Å². The molecule has 84 valence electrons. The van der Waals surface area contributed by atoms with Gasteiger partial charge in [-0.1, -0.05) is 20.8 Å². The number of carbonyl (C=O) groups excluding carboxylic acids is 1. The summed E-state index contributed by atoms with van der Waals surface area (Å²) in [6.07, 6.45) is 0.588. The van der Waals surface area contributed by atoms with Gasteiger partial charge in [0.05, 0.1) is 18.6 Å². The molecule has 0 aliphatic carbocycles. The Bertz CT molecular complexity index is 189. The summed E-state index contributed by atoms with van der Waals surface area (Å²) < 4.78 is 4.74. The topological polar surface area (TPSA) is 46.5 Å². The van der Waals surface area contributed by atoms with Gasteiger partial charge in [0.2, 0.25) is 0 Å². The number of methoxy groups -OCH3 is 1. The fraction of sp³-hybridized carbons (Fsp3) is 0.909. The number of hydrogen-bond acceptors (Lipinski definition) is 3. The zero-order valence-corrected chi connectivity index (χ0v) is 9.83. The smallest absolute Gasteiger partial charge is 0.314 e. The summed E-state index contributed by atoms with van der Waals surface area (Å²) in [5.74, 6) is 0.0425. The molecule has 0 aliphatic rings. The van der Waals surface area contributed by atoms with Gasteiger partial charge in [0.15, 0.2) is 0 Å². The van der Waals surface area contributed by atoms with Crippen molar-refractivity contribution in [1.82, 2.24) is 0 Å². The fourth-order valence-corrected chi connectivity index (χ4v) is 1.89. The molecule has 3 nitrogen and oxygen atoms in total. The molecule has 0 aromatic heterocycles. The number of hydrogen-bond donors (Lipinski definition) is 1. The second-order valence-electron chi connectivity index (χ2n) is 4.43. The summed E-state index contributed by atoms with van der Waals surface area (Å²) in [5.41, 5.74) is -0.766. The van der Waals surface area contributed by atoms with Gasteiger partial charge in [-0.25, -0.2) is 0 Å². The van der Waals surface area contributed by atoms with E-state index in [4.69, 9.17) is 4.74 Å². The van der Waals surface area contributed by atoms with Crippen LogP contribution >= 0.6 is 0 Å². The third-order valence-corrected chi connectivity index (χ3v) is 2.61. The van der Waals surface area contributed by atoms with Crippen LogP contribution in [0.2, 0.25) is 0 Å². The minimum absolute atomic E-state index is 0.319. The normalized spacial score (nSPS) is 17.6. The SMILES string of the molecule is CCC(O)C(C)(CC(C)C)C(=O)OC. The lowest BCUT2D eigenvalue weighted by Crippen LogP contribution is -2.41. The second kappa shape index (κ2) is 5.35. The van der Waals surface area contributed by atoms with Crippen molar-refractivity contribution < 1.29 is 14.6 Å². The third-order valence-electron chi connectivity index (χ3n) is 2.61. The first-order valence-electron chi connectivity index (χ1n) is 5.15. The van der Waals surface area contributed by atoms with Crippen LogP contribution in [0.5, 0.6) is 0 Å². The Morgan fingerprint density at radius 3 is 2.29 bits per heavy atom. The van der Waals surface area contributed by atoms with Crippen LogP contribution in [-0.4, -0.2) is 24.3 Å². The van der Waals surface area contributed by atoms with E-state index in [1.807, 2.05) is 20.8 Å². The van der Waals surface area contributed by atoms with Crippen LogP contribution in [0.25, 0.3) is 0 Å². The van der Waals surface area contributed by atoms with E-state index in [9.17, 15) is 9.90 Å². The van der Waals surface area contributed by atoms with Crippen molar-refractivity contribution in [1.29, 1.82) is 0 Å². The van der Waals surface area contributed by atoms with Crippen LogP contribution < -0.4 is 0 Å². The highest BCUT2D eigenvalue weighted by molar-refractivity contribution is 5.77. The monoisotopic (exact) mass is 202 g/mol. The lowest BCUT2D eigenvalue weighted by Gasteiger charge is -2.32. The Hall–Kier alpha value is -0.570. The Morgan fingerprint density at radius 1 is 1.50 bits per heavy atom. The summed E-state index contributed by atoms with van der Waals surface area (Å²) in [4.78, 5) is 11.6. The predicted octanol–water partition coefficient (Wildman–Crippen LogP) is 1.98. The Morgan fingerprint density at radius 2 is 2.00 bits per heavy atom. The van der Waals surface area contributed by atoms with Crippen molar-refractivity contribution in [2.75, 3.05) is 7.11 Å². The number of rotatable bonds is 5. The first-order chi connectivity index (χ1) is 6.38. The van der Waals surface area contributed by atoms with Crippen molar-refractivity contribution in [2.24, 2.45) is 11.3 Å². The van der Waals surface area contributed by atoms with Gasteiger partial charge in [-0.15, -0.1) is 0 Å². The third kappa shape index (κ3) is 2.98. The molecular weight excluding hydrogens is 180 g/mol. The number of aliphatic hydroxyl groups is 1. The summed E-state index contributed by atoms with van der Waals surface area (Å²) in [5, 5.41) is 9.83. The van der Waals surface area contributed by atoms with E-state index in [0.29, 0.717) is 18.8 Å². The van der Waals surface area contributed by atoms with Gasteiger partial charge in [0, 0.05) is 0 Å². The summed E-state index contributed by atoms with van der Waals surface area (Å²) in [6, 6.07) is 0. The Labute approximate surface area is 86.5 Å². The van der Waals surface area contributed by atoms with Crippen molar-refractivity contribution in [3.05, 3.63) is 0 Å². The minimum atomic E-state index is -0.766. The number of esters is 1. The lowest BCUT2D eigenvalue weighted by molar-refractivity contribution is -0.160. The van der Waals surface area contributed by atoms with Crippen molar-refractivity contribution in [3.63, 3.8) is 0 Å². The van der Waals surface area contributed by atoms with E-state index in [-0.39, 0.29) is 5.97 Å². The van der Waals surface area contributed by atoms with E-state index in [0.717, 1.165) is 0 Å². The number of aliphatic hydroxyl groups excluding tert-OH is 1. The van der Waals surface area contributed by atoms with Gasteiger partial charge < -0.3 is 9.84 Å². The molecule has 2 unspecified atom stereocenters. The molecule has 0 aromatic rings. The van der Waals surface area contributed by atoms with Crippen LogP contribution in [0, 0.1) is 11.3 Å². The largest absolute Gasteiger partial charge is 0.469 e. The second-order valence-corrected chi connectivity index (χ2v) is 4.43. The van der Waals surface area contributed by atoms with Crippen LogP contribution in [0.15, 0.2) is 0 Å². The van der Waals surface area contributed by atoms with Crippen LogP contribution in [-0.2, 0) is 9.53 Å². The average Bonchev–Trinajstić information content (AvgIpc) is 2.13. The zero-order chi connectivity index (χ0) is 11.4. The maximum Gasteiger partial charge on any atom is 0.314 e. The van der Waals surface area contributed by atoms with Gasteiger partial charge in [-0.05, 0) is 25.7 Å². The highest BCUT2D eigenvalue weighted by atomic mass is 16.5. The molecular formula is C11H22O3. The molecule has 0 radical (unpaired) electrons. The molecule has 2 atom stereocenters. The summed E-state index contributed by atoms with van der Waals surface area (Å²) in [7, 11) is 1.36. The first-order valence-corrected chi connectivity index (χ1v) is 5.15. The van der Waals surface area contributed by atoms with Gasteiger partial charge in [0.1, 0.15) is 0 Å². The molecule has 0 spiro atoms. The Kier molecular flexibility index (Phi) is 5.13. The first kappa shape index (κ1) is 13.4. The standard InChI is InChI=1S/C11H22O3/c1-6-9(12)11(4,7-8(2)3)10(13)14-5/h8-9,12H,6-7H2,1-5H3. The predicted molar refractivity (Wildman–Crippen MR) is 55.9 cm³/mol. The maximum absolute atomic E-state index is 11.6. The van der Waals surface area contributed by atoms with Gasteiger partial charge in [-0.2, -0.15) is 0 Å². The van der Waals surface area contributed by atoms with E-state index in [1.54, 1.807) is 6.92 Å². The maximum atomic E-state index is 11.6. The van der Waals surface area contributed by atoms with Crippen LogP contribution in [0.4, 0.5) is 0 Å². The highest BCUT2D eigenvalue weighted by Gasteiger charge is 2.41. The van der Waals surface area contributed by atoms with Crippen molar-refractivity contribution in [3.8, 4) is 0 Å². The number of ether oxygens (including phenoxy) is 1. The molecule has 14 heavy (non-hydrogen) atoms. The molecule has 0 bridgehead atoms. The summed E-state index contributed by atoms with van der Waals surface area (Å²) >= 11 is 0. The minimum Gasteiger partial charge on any atom is -0.469 e. The lowest BCUT2D eigenvalue weighted by atomic mass is 9.76. The molecule has 0 aromatic carbocycles. The van der Waals surface area contributed by atoms with E-state index in [2.05, 4.69) is 0 Å². The molecule has 0 fully saturated rings. The van der Waals surface area contributed by atoms with Crippen molar-refractivity contribution >= 4 is 5.97 Å². The quantitative estimate of drug-likeness (QED) is 0.693. The van der Waals surface area contributed by atoms with E-state index >= 15 is 0 Å². The molecule has 0 saturated carbocycles. The van der Waals surface area contributed by atoms with Gasteiger partial charge in [-0.3, -0.25) is 4.79 Å². The van der Waals surface area contributed by atoms with E-state index in [1.165, 1.54) is 7.11 Å². The van der Waals surface area contributed by atoms with Gasteiger partial charge in [0.25, 0.3) is 0 Å². The molecule has 0 amide bonds. The molecule has 0 rings (SSSR count). The highest BCUT2D eigenvalue weighted by Crippen LogP contribution is 2.32. The molecule has 0 aliphatic heterocycles. The molecule has 0 saturated heterocycles. The summed E-state index contributed by atoms with van der Waals surface area (Å²) in [6.45, 7) is 7.70. The Balaban J connectivity index is 4.74. The van der Waals surface area contributed by atoms with Gasteiger partial charge >= 0.3 is 5.97 Å². The van der Waals surface area contributed by atoms with E-state index < -0.39 is 11.5 Å². The van der Waals surface area contributed by atoms with Crippen molar-refractivity contribution in [2.45, 2.75) is 46.6 Å². The fourth-order valence-electron chi connectivity index (χ4n) is 1.89.